The third-order valence-electron chi connectivity index (χ3n) is 5.24. The van der Waals surface area contributed by atoms with Crippen molar-refractivity contribution >= 4 is 22.7 Å². The minimum absolute atomic E-state index is 0.0669. The fourth-order valence-electron chi connectivity index (χ4n) is 3.66. The van der Waals surface area contributed by atoms with Gasteiger partial charge in [-0.05, 0) is 56.4 Å². The Morgan fingerprint density at radius 2 is 2.00 bits per heavy atom. The maximum Gasteiger partial charge on any atom is 0.270 e. The SMILES string of the molecule is O=[N+]([O-])c1cccc(-c2csc(=Nc3ccc(F)cc3)n2CCC2=CCCCC2)c1. The summed E-state index contributed by atoms with van der Waals surface area (Å²) in [7, 11) is 0. The zero-order valence-corrected chi connectivity index (χ0v) is 17.3. The lowest BCUT2D eigenvalue weighted by Gasteiger charge is -2.14. The Morgan fingerprint density at radius 3 is 2.73 bits per heavy atom. The summed E-state index contributed by atoms with van der Waals surface area (Å²) in [6.07, 6.45) is 7.99. The van der Waals surface area contributed by atoms with Crippen LogP contribution in [0.1, 0.15) is 32.1 Å². The number of non-ortho nitro benzene ring substituents is 1. The van der Waals surface area contributed by atoms with Crippen molar-refractivity contribution in [3.8, 4) is 11.3 Å². The van der Waals surface area contributed by atoms with Gasteiger partial charge in [-0.15, -0.1) is 11.3 Å². The summed E-state index contributed by atoms with van der Waals surface area (Å²) in [6.45, 7) is 0.743. The zero-order chi connectivity index (χ0) is 20.9. The highest BCUT2D eigenvalue weighted by atomic mass is 32.1. The zero-order valence-electron chi connectivity index (χ0n) is 16.5. The number of allylic oxidation sites excluding steroid dienone is 2. The maximum atomic E-state index is 13.3. The van der Waals surface area contributed by atoms with Crippen molar-refractivity contribution in [2.75, 3.05) is 0 Å². The number of nitrogens with zero attached hydrogens (tertiary/aromatic N) is 3. The summed E-state index contributed by atoms with van der Waals surface area (Å²) < 4.78 is 15.4. The van der Waals surface area contributed by atoms with E-state index >= 15 is 0 Å². The van der Waals surface area contributed by atoms with E-state index in [0.717, 1.165) is 41.9 Å². The summed E-state index contributed by atoms with van der Waals surface area (Å²) >= 11 is 1.48. The minimum atomic E-state index is -0.378. The van der Waals surface area contributed by atoms with Gasteiger partial charge in [-0.3, -0.25) is 10.1 Å². The van der Waals surface area contributed by atoms with Crippen molar-refractivity contribution in [2.24, 2.45) is 4.99 Å². The fourth-order valence-corrected chi connectivity index (χ4v) is 4.61. The Kier molecular flexibility index (Phi) is 6.18. The number of hydrogen-bond donors (Lipinski definition) is 0. The van der Waals surface area contributed by atoms with Gasteiger partial charge in [0, 0.05) is 29.6 Å². The number of aromatic nitrogens is 1. The summed E-state index contributed by atoms with van der Waals surface area (Å²) in [5.74, 6) is -0.297. The van der Waals surface area contributed by atoms with Gasteiger partial charge in [-0.25, -0.2) is 9.38 Å². The van der Waals surface area contributed by atoms with Crippen LogP contribution in [0.4, 0.5) is 15.8 Å². The molecular weight excluding hydrogens is 401 g/mol. The van der Waals surface area contributed by atoms with Crippen LogP contribution in [-0.4, -0.2) is 9.49 Å². The molecule has 1 aliphatic rings. The lowest BCUT2D eigenvalue weighted by atomic mass is 9.97. The van der Waals surface area contributed by atoms with Crippen LogP contribution in [0, 0.1) is 15.9 Å². The predicted molar refractivity (Wildman–Crippen MR) is 117 cm³/mol. The molecule has 1 heterocycles. The molecule has 0 fully saturated rings. The van der Waals surface area contributed by atoms with E-state index in [9.17, 15) is 14.5 Å². The molecule has 0 spiro atoms. The van der Waals surface area contributed by atoms with E-state index < -0.39 is 0 Å². The van der Waals surface area contributed by atoms with Crippen LogP contribution in [0.15, 0.2) is 70.6 Å². The molecule has 4 rings (SSSR count). The molecule has 0 unspecified atom stereocenters. The second-order valence-electron chi connectivity index (χ2n) is 7.31. The molecule has 0 aliphatic heterocycles. The van der Waals surface area contributed by atoms with Crippen LogP contribution in [0.5, 0.6) is 0 Å². The summed E-state index contributed by atoms with van der Waals surface area (Å²) in [5, 5.41) is 13.2. The predicted octanol–water partition coefficient (Wildman–Crippen LogP) is 6.39. The quantitative estimate of drug-likeness (QED) is 0.262. The van der Waals surface area contributed by atoms with Gasteiger partial charge < -0.3 is 4.57 Å². The number of hydrogen-bond acceptors (Lipinski definition) is 4. The first-order valence-electron chi connectivity index (χ1n) is 10.0. The number of nitro benzene ring substituents is 1. The van der Waals surface area contributed by atoms with Gasteiger partial charge in [-0.1, -0.05) is 23.8 Å². The topological polar surface area (TPSA) is 60.4 Å². The summed E-state index contributed by atoms with van der Waals surface area (Å²) in [5.41, 5.74) is 3.89. The summed E-state index contributed by atoms with van der Waals surface area (Å²) in [4.78, 5) is 16.3. The molecule has 5 nitrogen and oxygen atoms in total. The van der Waals surface area contributed by atoms with Gasteiger partial charge in [0.1, 0.15) is 5.82 Å². The molecule has 30 heavy (non-hydrogen) atoms. The van der Waals surface area contributed by atoms with Crippen molar-refractivity contribution in [1.29, 1.82) is 0 Å². The van der Waals surface area contributed by atoms with Crippen molar-refractivity contribution in [3.63, 3.8) is 0 Å². The van der Waals surface area contributed by atoms with Crippen molar-refractivity contribution in [1.82, 2.24) is 4.57 Å². The van der Waals surface area contributed by atoms with Gasteiger partial charge in [0.25, 0.3) is 5.69 Å². The second-order valence-corrected chi connectivity index (χ2v) is 8.15. The first-order valence-corrected chi connectivity index (χ1v) is 10.9. The molecule has 0 radical (unpaired) electrons. The van der Waals surface area contributed by atoms with Gasteiger partial charge in [-0.2, -0.15) is 0 Å². The molecule has 154 valence electrons. The highest BCUT2D eigenvalue weighted by molar-refractivity contribution is 7.07. The number of thiazole rings is 1. The first kappa shape index (κ1) is 20.2. The second kappa shape index (κ2) is 9.17. The molecule has 1 aliphatic carbocycles. The van der Waals surface area contributed by atoms with Crippen molar-refractivity contribution in [2.45, 2.75) is 38.6 Å². The van der Waals surface area contributed by atoms with E-state index in [2.05, 4.69) is 10.6 Å². The maximum absolute atomic E-state index is 13.3. The third kappa shape index (κ3) is 4.74. The molecule has 2 aromatic carbocycles. The van der Waals surface area contributed by atoms with E-state index in [4.69, 9.17) is 4.99 Å². The Bertz CT molecular complexity index is 1150. The van der Waals surface area contributed by atoms with Crippen LogP contribution in [-0.2, 0) is 6.54 Å². The van der Waals surface area contributed by atoms with Crippen LogP contribution in [0.3, 0.4) is 0 Å². The lowest BCUT2D eigenvalue weighted by Crippen LogP contribution is -2.16. The Hall–Kier alpha value is -3.06. The molecule has 1 aromatic heterocycles. The molecule has 0 saturated carbocycles. The third-order valence-corrected chi connectivity index (χ3v) is 6.11. The molecule has 7 heteroatoms. The van der Waals surface area contributed by atoms with Gasteiger partial charge in [0.2, 0.25) is 0 Å². The highest BCUT2D eigenvalue weighted by Crippen LogP contribution is 2.27. The first-order chi connectivity index (χ1) is 14.6. The number of rotatable bonds is 6. The van der Waals surface area contributed by atoms with Crippen LogP contribution >= 0.6 is 11.3 Å². The molecule has 0 bridgehead atoms. The highest BCUT2D eigenvalue weighted by Gasteiger charge is 2.13. The molecular formula is C23H22FN3O2S. The standard InChI is InChI=1S/C23H22FN3O2S/c24-19-9-11-20(12-10-19)25-23-26(14-13-17-5-2-1-3-6-17)22(16-30-23)18-7-4-8-21(15-18)27(28)29/h4-5,7-12,15-16H,1-3,6,13-14H2. The number of halogens is 1. The van der Waals surface area contributed by atoms with E-state index in [1.165, 1.54) is 48.0 Å². The normalized spacial score (nSPS) is 14.6. The lowest BCUT2D eigenvalue weighted by molar-refractivity contribution is -0.384. The smallest absolute Gasteiger partial charge is 0.270 e. The van der Waals surface area contributed by atoms with E-state index in [-0.39, 0.29) is 16.4 Å². The molecule has 0 atom stereocenters. The Balaban J connectivity index is 1.74. The average molecular weight is 424 g/mol. The van der Waals surface area contributed by atoms with Gasteiger partial charge in [0.05, 0.1) is 16.3 Å². The fraction of sp³-hybridized carbons (Fsp3) is 0.261. The largest absolute Gasteiger partial charge is 0.316 e. The monoisotopic (exact) mass is 423 g/mol. The van der Waals surface area contributed by atoms with Crippen molar-refractivity contribution in [3.05, 3.63) is 86.3 Å². The van der Waals surface area contributed by atoms with Gasteiger partial charge in [0.15, 0.2) is 4.80 Å². The van der Waals surface area contributed by atoms with Crippen LogP contribution < -0.4 is 4.80 Å². The molecule has 0 saturated heterocycles. The van der Waals surface area contributed by atoms with Gasteiger partial charge >= 0.3 is 0 Å². The van der Waals surface area contributed by atoms with E-state index in [1.807, 2.05) is 11.4 Å². The van der Waals surface area contributed by atoms with Crippen LogP contribution in [0.25, 0.3) is 11.3 Å². The minimum Gasteiger partial charge on any atom is -0.316 e. The van der Waals surface area contributed by atoms with Crippen LogP contribution in [0.2, 0.25) is 0 Å². The van der Waals surface area contributed by atoms with Crippen molar-refractivity contribution < 1.29 is 9.31 Å². The number of nitro groups is 1. The Morgan fingerprint density at radius 1 is 1.17 bits per heavy atom. The molecule has 0 amide bonds. The average Bonchev–Trinajstić information content (AvgIpc) is 3.17. The van der Waals surface area contributed by atoms with E-state index in [1.54, 1.807) is 24.3 Å². The number of benzene rings is 2. The van der Waals surface area contributed by atoms with E-state index in [0.29, 0.717) is 5.69 Å². The summed E-state index contributed by atoms with van der Waals surface area (Å²) in [6, 6.07) is 12.8. The Labute approximate surface area is 178 Å². The molecule has 0 N–H and O–H groups in total. The molecule has 3 aromatic rings.